The summed E-state index contributed by atoms with van der Waals surface area (Å²) >= 11 is 3.59. The highest BCUT2D eigenvalue weighted by molar-refractivity contribution is 7.29. The molecular weight excluding hydrogens is 366 g/mol. The van der Waals surface area contributed by atoms with Gasteiger partial charge in [0.2, 0.25) is 0 Å². The summed E-state index contributed by atoms with van der Waals surface area (Å²) in [6.45, 7) is 8.53. The van der Waals surface area contributed by atoms with Crippen LogP contribution in [0.15, 0.2) is 18.3 Å². The number of H-pyrrole nitrogens is 1. The number of rotatable bonds is 2. The molecule has 1 N–H and O–H groups in total. The average molecular weight is 390 g/mol. The number of fused-ring (bicyclic) bond motifs is 1. The van der Waals surface area contributed by atoms with E-state index in [4.69, 9.17) is 4.74 Å². The summed E-state index contributed by atoms with van der Waals surface area (Å²) in [6, 6.07) is 4.41. The maximum absolute atomic E-state index is 12.5. The molecule has 138 valence electrons. The van der Waals surface area contributed by atoms with E-state index in [1.165, 1.54) is 19.2 Å². The number of hydrogen-bond donors (Lipinski definition) is 1. The van der Waals surface area contributed by atoms with Crippen molar-refractivity contribution in [3.05, 3.63) is 29.0 Å². The van der Waals surface area contributed by atoms with Gasteiger partial charge in [-0.3, -0.25) is 4.90 Å². The second kappa shape index (κ2) is 6.39. The fraction of sp³-hybridized carbons (Fsp3) is 0.474. The summed E-state index contributed by atoms with van der Waals surface area (Å²) in [5.74, 6) is 0.844. The molecule has 0 saturated carbocycles. The molecular formula is C19H23N3O2S2. The van der Waals surface area contributed by atoms with Crippen LogP contribution >= 0.6 is 22.7 Å². The molecule has 4 heterocycles. The minimum Gasteiger partial charge on any atom is -0.444 e. The lowest BCUT2D eigenvalue weighted by atomic mass is 10.2. The van der Waals surface area contributed by atoms with E-state index < -0.39 is 5.60 Å². The second-order valence-corrected chi connectivity index (χ2v) is 10.1. The van der Waals surface area contributed by atoms with Gasteiger partial charge in [-0.25, -0.2) is 9.78 Å². The number of nitrogens with zero attached hydrogens (tertiary/aromatic N) is 2. The number of imidazole rings is 1. The Bertz CT molecular complexity index is 916. The van der Waals surface area contributed by atoms with Crippen LogP contribution in [0.25, 0.3) is 20.0 Å². The Balaban J connectivity index is 1.56. The van der Waals surface area contributed by atoms with E-state index in [-0.39, 0.29) is 12.1 Å². The third-order valence-corrected chi connectivity index (χ3v) is 6.63. The largest absolute Gasteiger partial charge is 0.444 e. The van der Waals surface area contributed by atoms with Crippen molar-refractivity contribution < 1.29 is 9.53 Å². The first kappa shape index (κ1) is 17.5. The van der Waals surface area contributed by atoms with E-state index in [0.29, 0.717) is 6.54 Å². The number of nitrogens with one attached hydrogen (secondary N) is 1. The highest BCUT2D eigenvalue weighted by Gasteiger charge is 2.34. The van der Waals surface area contributed by atoms with Gasteiger partial charge in [0.1, 0.15) is 11.4 Å². The number of likely N-dealkylation sites (tertiary alicyclic amines) is 1. The fourth-order valence-corrected chi connectivity index (χ4v) is 5.59. The zero-order chi connectivity index (χ0) is 18.5. The minimum absolute atomic E-state index is 0.0399. The van der Waals surface area contributed by atoms with E-state index in [1.807, 2.05) is 38.3 Å². The lowest BCUT2D eigenvalue weighted by molar-refractivity contribution is 0.0219. The van der Waals surface area contributed by atoms with Crippen molar-refractivity contribution in [1.29, 1.82) is 0 Å². The highest BCUT2D eigenvalue weighted by atomic mass is 32.1. The second-order valence-electron chi connectivity index (χ2n) is 7.71. The van der Waals surface area contributed by atoms with Crippen molar-refractivity contribution in [3.8, 4) is 10.6 Å². The fourth-order valence-electron chi connectivity index (χ4n) is 3.31. The molecule has 4 rings (SSSR count). The summed E-state index contributed by atoms with van der Waals surface area (Å²) in [5.41, 5.74) is 0.529. The van der Waals surface area contributed by atoms with Crippen LogP contribution in [0.3, 0.4) is 0 Å². The average Bonchev–Trinajstić information content (AvgIpc) is 3.27. The number of ether oxygens (including phenoxy) is 1. The van der Waals surface area contributed by atoms with Gasteiger partial charge in [-0.1, -0.05) is 0 Å². The monoisotopic (exact) mass is 389 g/mol. The van der Waals surface area contributed by atoms with Crippen LogP contribution in [0, 0.1) is 6.92 Å². The highest BCUT2D eigenvalue weighted by Crippen LogP contribution is 2.38. The molecule has 0 radical (unpaired) electrons. The molecule has 1 aliphatic rings. The van der Waals surface area contributed by atoms with Gasteiger partial charge in [-0.15, -0.1) is 22.7 Å². The number of amides is 1. The molecule has 3 aromatic rings. The van der Waals surface area contributed by atoms with Crippen molar-refractivity contribution in [2.75, 3.05) is 6.54 Å². The SMILES string of the molecule is Cc1cc2sc(-c3cnc(C4CCCN4C(=O)OC(C)(C)C)[nH]3)cc2s1. The summed E-state index contributed by atoms with van der Waals surface area (Å²) in [7, 11) is 0. The van der Waals surface area contributed by atoms with Crippen molar-refractivity contribution in [3.63, 3.8) is 0 Å². The molecule has 1 atom stereocenters. The molecule has 7 heteroatoms. The zero-order valence-electron chi connectivity index (χ0n) is 15.5. The predicted molar refractivity (Wildman–Crippen MR) is 107 cm³/mol. The van der Waals surface area contributed by atoms with E-state index in [2.05, 4.69) is 29.0 Å². The maximum atomic E-state index is 12.5. The summed E-state index contributed by atoms with van der Waals surface area (Å²) in [4.78, 5) is 24.8. The summed E-state index contributed by atoms with van der Waals surface area (Å²) in [5, 5.41) is 0. The van der Waals surface area contributed by atoms with Crippen LogP contribution in [-0.4, -0.2) is 33.1 Å². The number of carbonyl (C=O) groups excluding carboxylic acids is 1. The van der Waals surface area contributed by atoms with Crippen molar-refractivity contribution in [2.24, 2.45) is 0 Å². The Labute approximate surface area is 161 Å². The molecule has 3 aromatic heterocycles. The van der Waals surface area contributed by atoms with Gasteiger partial charge in [0.15, 0.2) is 0 Å². The Kier molecular flexibility index (Phi) is 4.31. The van der Waals surface area contributed by atoms with Crippen LogP contribution in [0.5, 0.6) is 0 Å². The Morgan fingerprint density at radius 2 is 2.08 bits per heavy atom. The molecule has 0 bridgehead atoms. The van der Waals surface area contributed by atoms with E-state index >= 15 is 0 Å². The number of aryl methyl sites for hydroxylation is 1. The van der Waals surface area contributed by atoms with Gasteiger partial charge in [-0.2, -0.15) is 0 Å². The summed E-state index contributed by atoms with van der Waals surface area (Å²) in [6.07, 6.45) is 3.49. The van der Waals surface area contributed by atoms with Gasteiger partial charge in [0.05, 0.1) is 22.8 Å². The zero-order valence-corrected chi connectivity index (χ0v) is 17.1. The van der Waals surface area contributed by atoms with Crippen molar-refractivity contribution >= 4 is 38.2 Å². The van der Waals surface area contributed by atoms with Crippen molar-refractivity contribution in [1.82, 2.24) is 14.9 Å². The van der Waals surface area contributed by atoms with Gasteiger partial charge in [0, 0.05) is 20.8 Å². The lowest BCUT2D eigenvalue weighted by Gasteiger charge is -2.27. The molecule has 1 saturated heterocycles. The molecule has 1 amide bonds. The van der Waals surface area contributed by atoms with Crippen LogP contribution in [-0.2, 0) is 4.74 Å². The molecule has 1 aliphatic heterocycles. The third-order valence-electron chi connectivity index (χ3n) is 4.39. The molecule has 1 fully saturated rings. The first-order valence-electron chi connectivity index (χ1n) is 8.85. The van der Waals surface area contributed by atoms with E-state index in [1.54, 1.807) is 16.2 Å². The quantitative estimate of drug-likeness (QED) is 0.608. The molecule has 1 unspecified atom stereocenters. The van der Waals surface area contributed by atoms with Gasteiger partial charge in [-0.05, 0) is 52.7 Å². The lowest BCUT2D eigenvalue weighted by Crippen LogP contribution is -2.36. The topological polar surface area (TPSA) is 58.2 Å². The Hall–Kier alpha value is -1.86. The molecule has 0 aliphatic carbocycles. The predicted octanol–water partition coefficient (Wildman–Crippen LogP) is 5.73. The number of hydrogen-bond acceptors (Lipinski definition) is 5. The first-order valence-corrected chi connectivity index (χ1v) is 10.5. The summed E-state index contributed by atoms with van der Waals surface area (Å²) < 4.78 is 8.18. The van der Waals surface area contributed by atoms with Crippen LogP contribution in [0.1, 0.15) is 50.4 Å². The molecule has 26 heavy (non-hydrogen) atoms. The molecule has 0 spiro atoms. The van der Waals surface area contributed by atoms with Gasteiger partial charge >= 0.3 is 6.09 Å². The van der Waals surface area contributed by atoms with Crippen LogP contribution in [0.4, 0.5) is 4.79 Å². The maximum Gasteiger partial charge on any atom is 0.410 e. The van der Waals surface area contributed by atoms with Gasteiger partial charge < -0.3 is 9.72 Å². The van der Waals surface area contributed by atoms with Crippen LogP contribution < -0.4 is 0 Å². The number of aromatic amines is 1. The normalized spacial score (nSPS) is 18.0. The number of thiophene rings is 2. The van der Waals surface area contributed by atoms with E-state index in [0.717, 1.165) is 24.4 Å². The Morgan fingerprint density at radius 3 is 2.81 bits per heavy atom. The number of aromatic nitrogens is 2. The number of carbonyl (C=O) groups is 1. The standard InChI is InChI=1S/C19H23N3O2S2/c1-11-8-15-16(25-11)9-14(26-15)12-10-20-17(21-12)13-6-5-7-22(13)18(23)24-19(2,3)4/h8-10,13H,5-7H2,1-4H3,(H,20,21). The van der Waals surface area contributed by atoms with Crippen LogP contribution in [0.2, 0.25) is 0 Å². The third kappa shape index (κ3) is 3.38. The molecule has 0 aromatic carbocycles. The van der Waals surface area contributed by atoms with E-state index in [9.17, 15) is 4.79 Å². The van der Waals surface area contributed by atoms with Gasteiger partial charge in [0.25, 0.3) is 0 Å². The Morgan fingerprint density at radius 1 is 1.31 bits per heavy atom. The van der Waals surface area contributed by atoms with Crippen molar-refractivity contribution in [2.45, 2.75) is 52.2 Å². The molecule has 5 nitrogen and oxygen atoms in total. The first-order chi connectivity index (χ1) is 12.3. The minimum atomic E-state index is -0.487. The smallest absolute Gasteiger partial charge is 0.410 e.